The van der Waals surface area contributed by atoms with Gasteiger partial charge in [-0.3, -0.25) is 0 Å². The van der Waals surface area contributed by atoms with E-state index >= 15 is 0 Å². The summed E-state index contributed by atoms with van der Waals surface area (Å²) in [5.74, 6) is 0.667. The predicted octanol–water partition coefficient (Wildman–Crippen LogP) is 3.14. The molecule has 0 heterocycles. The molecule has 0 saturated carbocycles. The standard InChI is InChI=1S/C14H22BrNO/c1-9(2)10(3)14(17)12(8-16)11-6-4-5-7-13(11)15/h4-7,9-10,12,14,17H,8,16H2,1-3H3. The first-order valence-electron chi connectivity index (χ1n) is 6.11. The van der Waals surface area contributed by atoms with Crippen LogP contribution in [0.2, 0.25) is 0 Å². The maximum atomic E-state index is 10.4. The van der Waals surface area contributed by atoms with E-state index in [1.54, 1.807) is 0 Å². The Hall–Kier alpha value is -0.380. The first-order chi connectivity index (χ1) is 7.99. The normalized spacial score (nSPS) is 16.9. The van der Waals surface area contributed by atoms with Crippen molar-refractivity contribution < 1.29 is 5.11 Å². The molecule has 0 amide bonds. The van der Waals surface area contributed by atoms with Gasteiger partial charge < -0.3 is 10.8 Å². The monoisotopic (exact) mass is 299 g/mol. The van der Waals surface area contributed by atoms with Crippen LogP contribution >= 0.6 is 15.9 Å². The fraction of sp³-hybridized carbons (Fsp3) is 0.571. The quantitative estimate of drug-likeness (QED) is 0.877. The van der Waals surface area contributed by atoms with Crippen LogP contribution in [0.25, 0.3) is 0 Å². The second kappa shape index (κ2) is 6.53. The number of nitrogens with two attached hydrogens (primary N) is 1. The van der Waals surface area contributed by atoms with Crippen molar-refractivity contribution >= 4 is 15.9 Å². The Morgan fingerprint density at radius 1 is 1.24 bits per heavy atom. The third-order valence-corrected chi connectivity index (χ3v) is 4.28. The van der Waals surface area contributed by atoms with Crippen molar-refractivity contribution in [2.75, 3.05) is 6.54 Å². The molecule has 0 aliphatic rings. The van der Waals surface area contributed by atoms with Crippen molar-refractivity contribution in [1.29, 1.82) is 0 Å². The highest BCUT2D eigenvalue weighted by molar-refractivity contribution is 9.10. The van der Waals surface area contributed by atoms with E-state index in [2.05, 4.69) is 36.7 Å². The molecule has 1 aromatic carbocycles. The highest BCUT2D eigenvalue weighted by atomic mass is 79.9. The van der Waals surface area contributed by atoms with Gasteiger partial charge in [0.25, 0.3) is 0 Å². The van der Waals surface area contributed by atoms with Crippen LogP contribution in [0.5, 0.6) is 0 Å². The third-order valence-electron chi connectivity index (χ3n) is 3.56. The van der Waals surface area contributed by atoms with Crippen molar-refractivity contribution in [3.63, 3.8) is 0 Å². The molecule has 3 N–H and O–H groups in total. The van der Waals surface area contributed by atoms with E-state index < -0.39 is 6.10 Å². The fourth-order valence-electron chi connectivity index (χ4n) is 1.99. The Morgan fingerprint density at radius 2 is 1.82 bits per heavy atom. The molecule has 1 aromatic rings. The SMILES string of the molecule is CC(C)C(C)C(O)C(CN)c1ccccc1Br. The first kappa shape index (κ1) is 14.7. The number of halogens is 1. The molecule has 3 atom stereocenters. The molecule has 1 rings (SSSR count). The molecule has 3 unspecified atom stereocenters. The topological polar surface area (TPSA) is 46.2 Å². The molecule has 0 bridgehead atoms. The molecule has 0 saturated heterocycles. The zero-order chi connectivity index (χ0) is 13.0. The summed E-state index contributed by atoms with van der Waals surface area (Å²) in [4.78, 5) is 0. The lowest BCUT2D eigenvalue weighted by molar-refractivity contribution is 0.0682. The summed E-state index contributed by atoms with van der Waals surface area (Å²) in [7, 11) is 0. The summed E-state index contributed by atoms with van der Waals surface area (Å²) in [6.07, 6.45) is -0.404. The summed E-state index contributed by atoms with van der Waals surface area (Å²) >= 11 is 3.53. The van der Waals surface area contributed by atoms with Crippen LogP contribution < -0.4 is 5.73 Å². The molecule has 96 valence electrons. The van der Waals surface area contributed by atoms with Gasteiger partial charge in [0.1, 0.15) is 0 Å². The van der Waals surface area contributed by atoms with Crippen LogP contribution in [0.4, 0.5) is 0 Å². The molecule has 3 heteroatoms. The van der Waals surface area contributed by atoms with Gasteiger partial charge in [0.15, 0.2) is 0 Å². The minimum atomic E-state index is -0.404. The number of aliphatic hydroxyl groups is 1. The predicted molar refractivity (Wildman–Crippen MR) is 75.9 cm³/mol. The fourth-order valence-corrected chi connectivity index (χ4v) is 2.57. The van der Waals surface area contributed by atoms with Crippen LogP contribution in [0.15, 0.2) is 28.7 Å². The largest absolute Gasteiger partial charge is 0.392 e. The Bertz CT molecular complexity index is 354. The average Bonchev–Trinajstić information content (AvgIpc) is 2.31. The molecule has 0 spiro atoms. The Labute approximate surface area is 112 Å². The Kier molecular flexibility index (Phi) is 5.63. The van der Waals surface area contributed by atoms with E-state index in [1.807, 2.05) is 24.3 Å². The molecule has 0 aliphatic heterocycles. The highest BCUT2D eigenvalue weighted by Gasteiger charge is 2.27. The average molecular weight is 300 g/mol. The van der Waals surface area contributed by atoms with Crippen molar-refractivity contribution in [2.24, 2.45) is 17.6 Å². The van der Waals surface area contributed by atoms with Crippen molar-refractivity contribution in [3.8, 4) is 0 Å². The first-order valence-corrected chi connectivity index (χ1v) is 6.90. The Morgan fingerprint density at radius 3 is 2.29 bits per heavy atom. The maximum Gasteiger partial charge on any atom is 0.0649 e. The number of benzene rings is 1. The van der Waals surface area contributed by atoms with Gasteiger partial charge in [0.2, 0.25) is 0 Å². The molecule has 0 aromatic heterocycles. The van der Waals surface area contributed by atoms with E-state index in [1.165, 1.54) is 0 Å². The molecule has 0 fully saturated rings. The highest BCUT2D eigenvalue weighted by Crippen LogP contribution is 2.31. The minimum Gasteiger partial charge on any atom is -0.392 e. The van der Waals surface area contributed by atoms with Gasteiger partial charge in [-0.25, -0.2) is 0 Å². The third kappa shape index (κ3) is 3.54. The molecule has 0 aliphatic carbocycles. The number of hydrogen-bond donors (Lipinski definition) is 2. The zero-order valence-electron chi connectivity index (χ0n) is 10.7. The molecule has 2 nitrogen and oxygen atoms in total. The molecule has 17 heavy (non-hydrogen) atoms. The second-order valence-corrected chi connectivity index (χ2v) is 5.81. The smallest absolute Gasteiger partial charge is 0.0649 e. The van der Waals surface area contributed by atoms with Gasteiger partial charge in [-0.1, -0.05) is 54.9 Å². The lowest BCUT2D eigenvalue weighted by Crippen LogP contribution is -2.33. The lowest BCUT2D eigenvalue weighted by atomic mass is 9.81. The van der Waals surface area contributed by atoms with Gasteiger partial charge in [-0.15, -0.1) is 0 Å². The van der Waals surface area contributed by atoms with Crippen LogP contribution in [0.1, 0.15) is 32.3 Å². The number of rotatable bonds is 5. The van der Waals surface area contributed by atoms with Crippen LogP contribution in [-0.4, -0.2) is 17.8 Å². The van der Waals surface area contributed by atoms with Gasteiger partial charge in [0, 0.05) is 16.9 Å². The van der Waals surface area contributed by atoms with Gasteiger partial charge in [-0.2, -0.15) is 0 Å². The molecule has 0 radical (unpaired) electrons. The lowest BCUT2D eigenvalue weighted by Gasteiger charge is -2.30. The molecular weight excluding hydrogens is 278 g/mol. The van der Waals surface area contributed by atoms with E-state index in [0.717, 1.165) is 10.0 Å². The molecular formula is C14H22BrNO. The van der Waals surface area contributed by atoms with Crippen molar-refractivity contribution in [1.82, 2.24) is 0 Å². The van der Waals surface area contributed by atoms with E-state index in [-0.39, 0.29) is 11.8 Å². The van der Waals surface area contributed by atoms with E-state index in [4.69, 9.17) is 5.73 Å². The van der Waals surface area contributed by atoms with Crippen LogP contribution in [0, 0.1) is 11.8 Å². The van der Waals surface area contributed by atoms with E-state index in [0.29, 0.717) is 12.5 Å². The van der Waals surface area contributed by atoms with Gasteiger partial charge in [0.05, 0.1) is 6.10 Å². The minimum absolute atomic E-state index is 0.0111. The summed E-state index contributed by atoms with van der Waals surface area (Å²) < 4.78 is 1.02. The number of aliphatic hydroxyl groups excluding tert-OH is 1. The van der Waals surface area contributed by atoms with E-state index in [9.17, 15) is 5.11 Å². The van der Waals surface area contributed by atoms with Crippen molar-refractivity contribution in [3.05, 3.63) is 34.3 Å². The second-order valence-electron chi connectivity index (χ2n) is 4.96. The Balaban J connectivity index is 2.96. The van der Waals surface area contributed by atoms with Gasteiger partial charge >= 0.3 is 0 Å². The van der Waals surface area contributed by atoms with Crippen LogP contribution in [0.3, 0.4) is 0 Å². The van der Waals surface area contributed by atoms with Crippen LogP contribution in [-0.2, 0) is 0 Å². The summed E-state index contributed by atoms with van der Waals surface area (Å²) in [6, 6.07) is 7.97. The van der Waals surface area contributed by atoms with Gasteiger partial charge in [-0.05, 0) is 23.5 Å². The van der Waals surface area contributed by atoms with Crippen molar-refractivity contribution in [2.45, 2.75) is 32.8 Å². The summed E-state index contributed by atoms with van der Waals surface area (Å²) in [5.41, 5.74) is 6.92. The number of hydrogen-bond acceptors (Lipinski definition) is 2. The summed E-state index contributed by atoms with van der Waals surface area (Å²) in [5, 5.41) is 10.4. The summed E-state index contributed by atoms with van der Waals surface area (Å²) in [6.45, 7) is 6.79. The maximum absolute atomic E-state index is 10.4. The zero-order valence-corrected chi connectivity index (χ0v) is 12.3.